The minimum Gasteiger partial charge on any atom is -0.380 e. The van der Waals surface area contributed by atoms with Gasteiger partial charge in [0.15, 0.2) is 11.6 Å². The second kappa shape index (κ2) is 11.3. The van der Waals surface area contributed by atoms with Gasteiger partial charge in [-0.1, -0.05) is 73.9 Å². The van der Waals surface area contributed by atoms with E-state index in [1.807, 2.05) is 0 Å². The summed E-state index contributed by atoms with van der Waals surface area (Å²) < 4.78 is 30.4. The lowest BCUT2D eigenvalue weighted by Gasteiger charge is -2.34. The van der Waals surface area contributed by atoms with Gasteiger partial charge in [0.2, 0.25) is 5.91 Å². The van der Waals surface area contributed by atoms with Crippen molar-refractivity contribution in [3.63, 3.8) is 0 Å². The number of halogens is 4. The van der Waals surface area contributed by atoms with Gasteiger partial charge in [-0.15, -0.1) is 0 Å². The number of nitrogens with zero attached hydrogens (tertiary/aromatic N) is 2. The van der Waals surface area contributed by atoms with Gasteiger partial charge in [0.05, 0.1) is 21.1 Å². The summed E-state index contributed by atoms with van der Waals surface area (Å²) in [6.45, 7) is 0. The number of carbonyl (C=O) groups excluding carboxylic acids is 1. The molecule has 1 aromatic heterocycles. The molecule has 37 heavy (non-hydrogen) atoms. The zero-order valence-corrected chi connectivity index (χ0v) is 22.0. The highest BCUT2D eigenvalue weighted by Crippen LogP contribution is 2.40. The van der Waals surface area contributed by atoms with Crippen LogP contribution in [0, 0.1) is 17.6 Å². The maximum atomic E-state index is 14.5. The highest BCUT2D eigenvalue weighted by atomic mass is 35.5. The van der Waals surface area contributed by atoms with Crippen LogP contribution in [0.1, 0.15) is 87.7 Å². The SMILES string of the molecule is O=C(NC1CCCCC1)C(C1CCCCC1)n1c(C(O)c2cccc(Cl)c2Cl)nc2cc(F)c(F)cc21. The molecule has 198 valence electrons. The molecule has 2 aliphatic carbocycles. The first kappa shape index (κ1) is 26.4. The maximum absolute atomic E-state index is 14.5. The van der Waals surface area contributed by atoms with Gasteiger partial charge in [0, 0.05) is 23.7 Å². The Balaban J connectivity index is 1.67. The van der Waals surface area contributed by atoms with Gasteiger partial charge in [0.25, 0.3) is 0 Å². The van der Waals surface area contributed by atoms with E-state index in [0.29, 0.717) is 5.56 Å². The lowest BCUT2D eigenvalue weighted by atomic mass is 9.82. The number of amides is 1. The summed E-state index contributed by atoms with van der Waals surface area (Å²) in [5, 5.41) is 15.2. The van der Waals surface area contributed by atoms with E-state index in [9.17, 15) is 18.7 Å². The molecule has 2 unspecified atom stereocenters. The van der Waals surface area contributed by atoms with E-state index in [1.165, 1.54) is 0 Å². The van der Waals surface area contributed by atoms with E-state index in [2.05, 4.69) is 10.3 Å². The van der Waals surface area contributed by atoms with Crippen LogP contribution in [0.15, 0.2) is 30.3 Å². The van der Waals surface area contributed by atoms with Crippen molar-refractivity contribution in [3.8, 4) is 0 Å². The second-order valence-corrected chi connectivity index (χ2v) is 11.1. The molecule has 9 heteroatoms. The fourth-order valence-corrected chi connectivity index (χ4v) is 6.40. The van der Waals surface area contributed by atoms with E-state index in [4.69, 9.17) is 23.2 Å². The summed E-state index contributed by atoms with van der Waals surface area (Å²) in [5.74, 6) is -2.18. The van der Waals surface area contributed by atoms with E-state index < -0.39 is 23.8 Å². The standard InChI is InChI=1S/C28H31Cl2F2N3O2/c29-19-13-7-12-18(24(19)30)26(36)27-34-22-14-20(31)21(32)15-23(22)35(27)25(16-8-3-1-4-9-16)28(37)33-17-10-5-2-6-11-17/h7,12-17,25-26,36H,1-6,8-11H2,(H,33,37). The molecule has 1 amide bonds. The molecule has 5 nitrogen and oxygen atoms in total. The fraction of sp³-hybridized carbons (Fsp3) is 0.500. The van der Waals surface area contributed by atoms with Gasteiger partial charge in [-0.05, 0) is 37.7 Å². The zero-order chi connectivity index (χ0) is 26.1. The first-order valence-electron chi connectivity index (χ1n) is 13.1. The molecule has 2 saturated carbocycles. The monoisotopic (exact) mass is 549 g/mol. The summed E-state index contributed by atoms with van der Waals surface area (Å²) in [7, 11) is 0. The quantitative estimate of drug-likeness (QED) is 0.339. The molecule has 0 saturated heterocycles. The van der Waals surface area contributed by atoms with Crippen LogP contribution in [-0.4, -0.2) is 26.6 Å². The zero-order valence-electron chi connectivity index (χ0n) is 20.5. The number of benzene rings is 2. The molecule has 3 aromatic rings. The summed E-state index contributed by atoms with van der Waals surface area (Å²) in [6, 6.07) is 6.31. The minimum atomic E-state index is -1.36. The van der Waals surface area contributed by atoms with Crippen LogP contribution in [0.4, 0.5) is 8.78 Å². The summed E-state index contributed by atoms with van der Waals surface area (Å²) in [5.41, 5.74) is 0.736. The van der Waals surface area contributed by atoms with Gasteiger partial charge in [0.1, 0.15) is 18.0 Å². The van der Waals surface area contributed by atoms with Crippen LogP contribution >= 0.6 is 23.2 Å². The van der Waals surface area contributed by atoms with Crippen LogP contribution in [0.2, 0.25) is 10.0 Å². The highest BCUT2D eigenvalue weighted by molar-refractivity contribution is 6.42. The molecule has 0 bridgehead atoms. The fourth-order valence-electron chi connectivity index (χ4n) is 5.99. The number of rotatable bonds is 6. The number of carbonyl (C=O) groups is 1. The third kappa shape index (κ3) is 5.36. The van der Waals surface area contributed by atoms with Gasteiger partial charge in [-0.25, -0.2) is 13.8 Å². The van der Waals surface area contributed by atoms with Crippen molar-refractivity contribution in [1.29, 1.82) is 0 Å². The Morgan fingerprint density at radius 1 is 1.00 bits per heavy atom. The van der Waals surface area contributed by atoms with Crippen LogP contribution < -0.4 is 5.32 Å². The second-order valence-electron chi connectivity index (χ2n) is 10.3. The Kier molecular flexibility index (Phi) is 8.03. The van der Waals surface area contributed by atoms with Crippen LogP contribution in [0.5, 0.6) is 0 Å². The van der Waals surface area contributed by atoms with Crippen molar-refractivity contribution >= 4 is 40.1 Å². The van der Waals surface area contributed by atoms with Crippen molar-refractivity contribution in [1.82, 2.24) is 14.9 Å². The van der Waals surface area contributed by atoms with Gasteiger partial charge in [-0.2, -0.15) is 0 Å². The van der Waals surface area contributed by atoms with Gasteiger partial charge < -0.3 is 15.0 Å². The molecule has 2 aliphatic rings. The van der Waals surface area contributed by atoms with Crippen molar-refractivity contribution < 1.29 is 18.7 Å². The molecular formula is C28H31Cl2F2N3O2. The number of aliphatic hydroxyl groups is 1. The minimum absolute atomic E-state index is 0.0383. The molecule has 2 atom stereocenters. The summed E-state index contributed by atoms with van der Waals surface area (Å²) in [6.07, 6.45) is 8.44. The number of aromatic nitrogens is 2. The Labute approximate surface area is 225 Å². The molecule has 2 fully saturated rings. The first-order valence-corrected chi connectivity index (χ1v) is 13.9. The van der Waals surface area contributed by atoms with Crippen molar-refractivity contribution in [2.24, 2.45) is 5.92 Å². The molecule has 0 radical (unpaired) electrons. The number of hydrogen-bond acceptors (Lipinski definition) is 3. The van der Waals surface area contributed by atoms with E-state index >= 15 is 0 Å². The molecule has 2 N–H and O–H groups in total. The lowest BCUT2D eigenvalue weighted by molar-refractivity contribution is -0.127. The molecular weight excluding hydrogens is 519 g/mol. The van der Waals surface area contributed by atoms with Gasteiger partial charge in [-0.3, -0.25) is 4.79 Å². The predicted molar refractivity (Wildman–Crippen MR) is 141 cm³/mol. The number of hydrogen-bond donors (Lipinski definition) is 2. The third-order valence-electron chi connectivity index (χ3n) is 7.87. The first-order chi connectivity index (χ1) is 17.8. The van der Waals surface area contributed by atoms with Crippen molar-refractivity contribution in [2.75, 3.05) is 0 Å². The normalized spacial score (nSPS) is 19.2. The molecule has 5 rings (SSSR count). The molecule has 0 spiro atoms. The largest absolute Gasteiger partial charge is 0.380 e. The Bertz CT molecular complexity index is 1290. The van der Waals surface area contributed by atoms with Crippen LogP contribution in [0.3, 0.4) is 0 Å². The summed E-state index contributed by atoms with van der Waals surface area (Å²) >= 11 is 12.6. The van der Waals surface area contributed by atoms with E-state index in [-0.39, 0.29) is 44.8 Å². The van der Waals surface area contributed by atoms with Crippen molar-refractivity contribution in [3.05, 3.63) is 63.4 Å². The molecule has 2 aromatic carbocycles. The highest BCUT2D eigenvalue weighted by Gasteiger charge is 2.37. The smallest absolute Gasteiger partial charge is 0.243 e. The average molecular weight is 550 g/mol. The average Bonchev–Trinajstić information content (AvgIpc) is 3.24. The molecule has 1 heterocycles. The Hall–Kier alpha value is -2.22. The summed E-state index contributed by atoms with van der Waals surface area (Å²) in [4.78, 5) is 18.5. The third-order valence-corrected chi connectivity index (χ3v) is 8.71. The van der Waals surface area contributed by atoms with E-state index in [0.717, 1.165) is 76.3 Å². The topological polar surface area (TPSA) is 67.2 Å². The van der Waals surface area contributed by atoms with Crippen LogP contribution in [-0.2, 0) is 4.79 Å². The predicted octanol–water partition coefficient (Wildman–Crippen LogP) is 7.27. The number of aliphatic hydroxyl groups excluding tert-OH is 1. The Morgan fingerprint density at radius 2 is 1.65 bits per heavy atom. The van der Waals surface area contributed by atoms with Crippen molar-refractivity contribution in [2.45, 2.75) is 82.4 Å². The molecule has 0 aliphatic heterocycles. The van der Waals surface area contributed by atoms with Gasteiger partial charge >= 0.3 is 0 Å². The maximum Gasteiger partial charge on any atom is 0.243 e. The van der Waals surface area contributed by atoms with Crippen LogP contribution in [0.25, 0.3) is 11.0 Å². The van der Waals surface area contributed by atoms with E-state index in [1.54, 1.807) is 22.8 Å². The lowest BCUT2D eigenvalue weighted by Crippen LogP contribution is -2.44. The number of imidazole rings is 1. The Morgan fingerprint density at radius 3 is 2.35 bits per heavy atom. The number of nitrogens with one attached hydrogen (secondary N) is 1. The number of fused-ring (bicyclic) bond motifs is 1.